The Balaban J connectivity index is 1.46. The molecule has 2 aromatic carbocycles. The third-order valence-corrected chi connectivity index (χ3v) is 6.81. The minimum Gasteiger partial charge on any atom is -0.322 e. The second kappa shape index (κ2) is 12.4. The molecule has 0 radical (unpaired) electrons. The van der Waals surface area contributed by atoms with E-state index >= 15 is 0 Å². The van der Waals surface area contributed by atoms with E-state index in [1.165, 1.54) is 24.5 Å². The van der Waals surface area contributed by atoms with Crippen molar-refractivity contribution in [3.63, 3.8) is 0 Å². The van der Waals surface area contributed by atoms with Crippen molar-refractivity contribution in [2.45, 2.75) is 32.1 Å². The van der Waals surface area contributed by atoms with Crippen molar-refractivity contribution in [3.05, 3.63) is 89.0 Å². The van der Waals surface area contributed by atoms with E-state index in [0.717, 1.165) is 18.1 Å². The van der Waals surface area contributed by atoms with E-state index in [1.807, 2.05) is 19.0 Å². The monoisotopic (exact) mass is 552 g/mol. The van der Waals surface area contributed by atoms with Crippen LogP contribution in [0.4, 0.5) is 24.5 Å². The second-order valence-electron chi connectivity index (χ2n) is 9.99. The van der Waals surface area contributed by atoms with Crippen molar-refractivity contribution in [2.75, 3.05) is 37.8 Å². The number of halogens is 3. The molecule has 0 bridgehead atoms. The third kappa shape index (κ3) is 7.51. The number of likely N-dealkylation sites (N-methyl/N-ethyl adjacent to an activating group) is 1. The molecular weight excluding hydrogens is 521 g/mol. The first-order chi connectivity index (χ1) is 19.0. The maximum Gasteiger partial charge on any atom is 0.416 e. The lowest BCUT2D eigenvalue weighted by molar-refractivity contribution is -0.138. The Morgan fingerprint density at radius 1 is 1.10 bits per heavy atom. The molecule has 1 aliphatic heterocycles. The van der Waals surface area contributed by atoms with Crippen LogP contribution in [-0.4, -0.2) is 64.8 Å². The number of aryl methyl sites for hydroxylation is 1. The first kappa shape index (κ1) is 28.9. The lowest BCUT2D eigenvalue weighted by Crippen LogP contribution is -2.31. The number of alkyl halides is 3. The molecule has 4 rings (SSSR count). The van der Waals surface area contributed by atoms with Gasteiger partial charge in [-0.2, -0.15) is 13.2 Å². The summed E-state index contributed by atoms with van der Waals surface area (Å²) in [5.74, 6) is -1.09. The molecule has 2 N–H and O–H groups in total. The Morgan fingerprint density at radius 2 is 1.85 bits per heavy atom. The van der Waals surface area contributed by atoms with Gasteiger partial charge in [0.25, 0.3) is 5.91 Å². The van der Waals surface area contributed by atoms with Crippen molar-refractivity contribution in [3.8, 4) is 0 Å². The van der Waals surface area contributed by atoms with Crippen LogP contribution in [0.2, 0.25) is 0 Å². The van der Waals surface area contributed by atoms with E-state index in [0.29, 0.717) is 36.1 Å². The summed E-state index contributed by atoms with van der Waals surface area (Å²) < 4.78 is 41.9. The van der Waals surface area contributed by atoms with Gasteiger partial charge in [-0.25, -0.2) is 9.97 Å². The lowest BCUT2D eigenvalue weighted by Gasteiger charge is -2.22. The van der Waals surface area contributed by atoms with Crippen LogP contribution in [0.5, 0.6) is 0 Å². The number of hydrogen-bond acceptors (Lipinski definition) is 6. The zero-order valence-corrected chi connectivity index (χ0v) is 22.5. The number of nitrogens with one attached hydrogen (secondary N) is 2. The molecule has 1 aromatic heterocycles. The SMILES string of the molecule is Cc1ccc(NC(=O)c2ccc(CN3CC[C@@H](N(C)C)C3)c(C(F)(F)F)c2)cc1NC(=O)/C=C/c1cncnc1. The van der Waals surface area contributed by atoms with Crippen molar-refractivity contribution >= 4 is 29.3 Å². The average Bonchev–Trinajstić information content (AvgIpc) is 3.38. The third-order valence-electron chi connectivity index (χ3n) is 6.81. The Bertz CT molecular complexity index is 1390. The summed E-state index contributed by atoms with van der Waals surface area (Å²) in [6.07, 6.45) is 3.67. The van der Waals surface area contributed by atoms with Crippen molar-refractivity contribution in [1.82, 2.24) is 19.8 Å². The zero-order valence-electron chi connectivity index (χ0n) is 22.5. The van der Waals surface area contributed by atoms with Crippen LogP contribution in [-0.2, 0) is 17.5 Å². The topological polar surface area (TPSA) is 90.5 Å². The van der Waals surface area contributed by atoms with Gasteiger partial charge in [-0.1, -0.05) is 12.1 Å². The summed E-state index contributed by atoms with van der Waals surface area (Å²) in [5, 5.41) is 5.38. The van der Waals surface area contributed by atoms with E-state index < -0.39 is 23.6 Å². The number of carbonyl (C=O) groups excluding carboxylic acids is 2. The Morgan fingerprint density at radius 3 is 2.52 bits per heavy atom. The number of carbonyl (C=O) groups is 2. The average molecular weight is 553 g/mol. The lowest BCUT2D eigenvalue weighted by atomic mass is 10.0. The first-order valence-corrected chi connectivity index (χ1v) is 12.7. The molecule has 0 unspecified atom stereocenters. The number of likely N-dealkylation sites (tertiary alicyclic amines) is 1. The fourth-order valence-electron chi connectivity index (χ4n) is 4.52. The molecule has 1 fully saturated rings. The predicted octanol–water partition coefficient (Wildman–Crippen LogP) is 4.84. The normalized spacial score (nSPS) is 16.0. The number of nitrogens with zero attached hydrogens (tertiary/aromatic N) is 4. The highest BCUT2D eigenvalue weighted by Crippen LogP contribution is 2.34. The van der Waals surface area contributed by atoms with Gasteiger partial charge in [0.15, 0.2) is 0 Å². The minimum absolute atomic E-state index is 0.108. The summed E-state index contributed by atoms with van der Waals surface area (Å²) in [5.41, 5.74) is 1.38. The van der Waals surface area contributed by atoms with E-state index in [1.54, 1.807) is 43.6 Å². The minimum atomic E-state index is -4.60. The maximum absolute atomic E-state index is 14.0. The zero-order chi connectivity index (χ0) is 28.9. The van der Waals surface area contributed by atoms with Crippen LogP contribution in [0, 0.1) is 6.92 Å². The number of hydrogen-bond donors (Lipinski definition) is 2. The number of aromatic nitrogens is 2. The second-order valence-corrected chi connectivity index (χ2v) is 9.99. The number of amides is 2. The molecule has 210 valence electrons. The summed E-state index contributed by atoms with van der Waals surface area (Å²) in [4.78, 5) is 37.2. The van der Waals surface area contributed by atoms with Crippen LogP contribution in [0.15, 0.2) is 61.2 Å². The van der Waals surface area contributed by atoms with Crippen LogP contribution in [0.3, 0.4) is 0 Å². The number of anilines is 2. The van der Waals surface area contributed by atoms with Crippen molar-refractivity contribution < 1.29 is 22.8 Å². The van der Waals surface area contributed by atoms with E-state index in [2.05, 4.69) is 25.5 Å². The van der Waals surface area contributed by atoms with Gasteiger partial charge in [-0.3, -0.25) is 14.5 Å². The largest absolute Gasteiger partial charge is 0.416 e. The first-order valence-electron chi connectivity index (χ1n) is 12.7. The Hall–Kier alpha value is -4.09. The summed E-state index contributed by atoms with van der Waals surface area (Å²) in [6.45, 7) is 3.35. The van der Waals surface area contributed by atoms with Gasteiger partial charge in [0, 0.05) is 66.6 Å². The maximum atomic E-state index is 14.0. The van der Waals surface area contributed by atoms with Crippen molar-refractivity contribution in [2.24, 2.45) is 0 Å². The molecule has 1 saturated heterocycles. The summed E-state index contributed by atoms with van der Waals surface area (Å²) in [7, 11) is 3.93. The molecule has 1 aliphatic rings. The highest BCUT2D eigenvalue weighted by Gasteiger charge is 2.35. The predicted molar refractivity (Wildman–Crippen MR) is 148 cm³/mol. The number of benzene rings is 2. The van der Waals surface area contributed by atoms with Gasteiger partial charge in [0.05, 0.1) is 5.56 Å². The number of rotatable bonds is 8. The molecule has 40 heavy (non-hydrogen) atoms. The van der Waals surface area contributed by atoms with E-state index in [4.69, 9.17) is 0 Å². The van der Waals surface area contributed by atoms with Crippen LogP contribution >= 0.6 is 0 Å². The fourth-order valence-corrected chi connectivity index (χ4v) is 4.52. The van der Waals surface area contributed by atoms with E-state index in [-0.39, 0.29) is 17.7 Å². The van der Waals surface area contributed by atoms with E-state index in [9.17, 15) is 22.8 Å². The Labute approximate surface area is 230 Å². The van der Waals surface area contributed by atoms with Gasteiger partial charge >= 0.3 is 6.18 Å². The van der Waals surface area contributed by atoms with Gasteiger partial charge in [-0.15, -0.1) is 0 Å². The molecule has 2 heterocycles. The van der Waals surface area contributed by atoms with Crippen LogP contribution < -0.4 is 10.6 Å². The van der Waals surface area contributed by atoms with Gasteiger partial charge in [0.1, 0.15) is 6.33 Å². The molecule has 8 nitrogen and oxygen atoms in total. The highest BCUT2D eigenvalue weighted by molar-refractivity contribution is 6.06. The molecule has 0 aliphatic carbocycles. The van der Waals surface area contributed by atoms with Gasteiger partial charge in [-0.05, 0) is 68.9 Å². The fraction of sp³-hybridized carbons (Fsp3) is 0.310. The summed E-state index contributed by atoms with van der Waals surface area (Å²) >= 11 is 0. The Kier molecular flexibility index (Phi) is 8.96. The van der Waals surface area contributed by atoms with Crippen LogP contribution in [0.1, 0.15) is 39.0 Å². The standard InChI is InChI=1S/C29H31F3N6O2/c1-19-4-8-23(13-26(19)36-27(39)9-5-20-14-33-18-34-15-20)35-28(40)21-6-7-22(25(12-21)29(30,31)32)16-38-11-10-24(17-38)37(2)3/h4-9,12-15,18,24H,10-11,16-17H2,1-3H3,(H,35,40)(H,36,39)/b9-5+/t24-/m1/s1. The highest BCUT2D eigenvalue weighted by atomic mass is 19.4. The quantitative estimate of drug-likeness (QED) is 0.389. The molecule has 0 spiro atoms. The van der Waals surface area contributed by atoms with Gasteiger partial charge in [0.2, 0.25) is 5.91 Å². The smallest absolute Gasteiger partial charge is 0.322 e. The molecule has 0 saturated carbocycles. The van der Waals surface area contributed by atoms with Crippen LogP contribution in [0.25, 0.3) is 6.08 Å². The molecule has 11 heteroatoms. The molecule has 1 atom stereocenters. The summed E-state index contributed by atoms with van der Waals surface area (Å²) in [6, 6.07) is 8.87. The van der Waals surface area contributed by atoms with Gasteiger partial charge < -0.3 is 15.5 Å². The molecule has 3 aromatic rings. The molecule has 2 amide bonds. The van der Waals surface area contributed by atoms with Crippen molar-refractivity contribution in [1.29, 1.82) is 0 Å². The molecular formula is C29H31F3N6O2.